The van der Waals surface area contributed by atoms with Gasteiger partial charge in [-0.05, 0) is 9.91 Å². The van der Waals surface area contributed by atoms with Gasteiger partial charge < -0.3 is 10.1 Å². The van der Waals surface area contributed by atoms with Crippen molar-refractivity contribution < 1.29 is 9.31 Å². The first kappa shape index (κ1) is 8.07. The minimum atomic E-state index is -1.10. The van der Waals surface area contributed by atoms with E-state index in [2.05, 4.69) is 4.98 Å². The molecule has 60 valence electrons. The van der Waals surface area contributed by atoms with Crippen LogP contribution in [0.3, 0.4) is 0 Å². The Morgan fingerprint density at radius 3 is 2.83 bits per heavy atom. The van der Waals surface area contributed by atoms with Gasteiger partial charge in [-0.1, -0.05) is 0 Å². The Kier molecular flexibility index (Phi) is 1.96. The van der Waals surface area contributed by atoms with Crippen molar-refractivity contribution in [3.63, 3.8) is 0 Å². The van der Waals surface area contributed by atoms with Crippen molar-refractivity contribution in [1.29, 1.82) is 5.26 Å². The topological polar surface area (TPSA) is 79.8 Å². The smallest absolute Gasteiger partial charge is 0.358 e. The summed E-state index contributed by atoms with van der Waals surface area (Å²) >= 11 is 0. The fourth-order valence-electron chi connectivity index (χ4n) is 0.626. The van der Waals surface area contributed by atoms with Crippen LogP contribution in [0.4, 0.5) is 10.2 Å². The molecule has 0 bridgehead atoms. The lowest BCUT2D eigenvalue weighted by Gasteiger charge is -1.91. The standard InChI is InChI=1S/C6H2FN3O2/c7-5-1-4(2-8)3-9-6(5)10(11)12/h1,3H. The Hall–Kier alpha value is -2.03. The molecule has 1 aromatic heterocycles. The quantitative estimate of drug-likeness (QED) is 0.461. The average Bonchev–Trinajstić information content (AvgIpc) is 2.03. The van der Waals surface area contributed by atoms with E-state index in [1.54, 1.807) is 6.07 Å². The van der Waals surface area contributed by atoms with E-state index in [-0.39, 0.29) is 5.56 Å². The van der Waals surface area contributed by atoms with E-state index in [1.165, 1.54) is 0 Å². The Morgan fingerprint density at radius 1 is 1.75 bits per heavy atom. The molecule has 0 fully saturated rings. The molecule has 1 aromatic rings. The molecule has 1 rings (SSSR count). The number of nitrogens with zero attached hydrogens (tertiary/aromatic N) is 3. The van der Waals surface area contributed by atoms with E-state index in [1.807, 2.05) is 0 Å². The SMILES string of the molecule is N#Cc1cnc([N+](=O)[O-])c(F)c1. The fraction of sp³-hybridized carbons (Fsp3) is 0. The van der Waals surface area contributed by atoms with Gasteiger partial charge in [-0.2, -0.15) is 9.65 Å². The van der Waals surface area contributed by atoms with Gasteiger partial charge in [-0.3, -0.25) is 0 Å². The first-order valence-corrected chi connectivity index (χ1v) is 2.85. The lowest BCUT2D eigenvalue weighted by Crippen LogP contribution is -1.96. The minimum absolute atomic E-state index is 0.0434. The Balaban J connectivity index is 3.23. The molecular formula is C6H2FN3O2. The highest BCUT2D eigenvalue weighted by Gasteiger charge is 2.15. The molecule has 0 saturated carbocycles. The number of hydrogen-bond acceptors (Lipinski definition) is 4. The first-order valence-electron chi connectivity index (χ1n) is 2.85. The van der Waals surface area contributed by atoms with Gasteiger partial charge in [0.2, 0.25) is 5.82 Å². The lowest BCUT2D eigenvalue weighted by atomic mass is 10.3. The zero-order valence-electron chi connectivity index (χ0n) is 5.69. The van der Waals surface area contributed by atoms with E-state index in [9.17, 15) is 14.5 Å². The van der Waals surface area contributed by atoms with Crippen molar-refractivity contribution in [2.24, 2.45) is 0 Å². The Labute approximate surface area is 66.2 Å². The van der Waals surface area contributed by atoms with Crippen molar-refractivity contribution in [3.05, 3.63) is 33.8 Å². The highest BCUT2D eigenvalue weighted by molar-refractivity contribution is 5.32. The Bertz CT molecular complexity index is 372. The molecule has 5 nitrogen and oxygen atoms in total. The molecule has 0 aliphatic carbocycles. The summed E-state index contributed by atoms with van der Waals surface area (Å²) in [6, 6.07) is 2.38. The molecule has 0 N–H and O–H groups in total. The van der Waals surface area contributed by atoms with Crippen molar-refractivity contribution in [1.82, 2.24) is 4.98 Å². The normalized spacial score (nSPS) is 9.00. The average molecular weight is 167 g/mol. The van der Waals surface area contributed by atoms with Crippen molar-refractivity contribution >= 4 is 5.82 Å². The minimum Gasteiger partial charge on any atom is -0.358 e. The molecule has 0 aromatic carbocycles. The van der Waals surface area contributed by atoms with Crippen molar-refractivity contribution in [2.45, 2.75) is 0 Å². The molecule has 0 spiro atoms. The van der Waals surface area contributed by atoms with Crippen molar-refractivity contribution in [3.8, 4) is 6.07 Å². The largest absolute Gasteiger partial charge is 0.399 e. The molecular weight excluding hydrogens is 165 g/mol. The number of nitro groups is 1. The van der Waals surface area contributed by atoms with E-state index < -0.39 is 16.6 Å². The number of hydrogen-bond donors (Lipinski definition) is 0. The monoisotopic (exact) mass is 167 g/mol. The third-order valence-electron chi connectivity index (χ3n) is 1.12. The summed E-state index contributed by atoms with van der Waals surface area (Å²) in [5, 5.41) is 18.3. The maximum atomic E-state index is 12.6. The third-order valence-corrected chi connectivity index (χ3v) is 1.12. The van der Waals surface area contributed by atoms with Gasteiger partial charge >= 0.3 is 5.82 Å². The van der Waals surface area contributed by atoms with Gasteiger partial charge in [0.05, 0.1) is 5.56 Å². The van der Waals surface area contributed by atoms with Gasteiger partial charge in [0, 0.05) is 6.07 Å². The number of nitriles is 1. The van der Waals surface area contributed by atoms with Gasteiger partial charge in [0.15, 0.2) is 6.20 Å². The summed E-state index contributed by atoms with van der Waals surface area (Å²) in [6.45, 7) is 0. The van der Waals surface area contributed by atoms with Crippen LogP contribution in [-0.2, 0) is 0 Å². The lowest BCUT2D eigenvalue weighted by molar-refractivity contribution is -0.392. The maximum absolute atomic E-state index is 12.6. The molecule has 0 aliphatic rings. The molecule has 0 saturated heterocycles. The van der Waals surface area contributed by atoms with Gasteiger partial charge in [0.1, 0.15) is 6.07 Å². The second-order valence-electron chi connectivity index (χ2n) is 1.90. The van der Waals surface area contributed by atoms with Gasteiger partial charge in [0.25, 0.3) is 0 Å². The Morgan fingerprint density at radius 2 is 2.42 bits per heavy atom. The molecule has 0 radical (unpaired) electrons. The zero-order chi connectivity index (χ0) is 9.14. The summed E-state index contributed by atoms with van der Waals surface area (Å²) in [4.78, 5) is 12.2. The number of aromatic nitrogens is 1. The second kappa shape index (κ2) is 2.92. The molecule has 12 heavy (non-hydrogen) atoms. The second-order valence-corrected chi connectivity index (χ2v) is 1.90. The number of rotatable bonds is 1. The van der Waals surface area contributed by atoms with E-state index in [0.717, 1.165) is 12.3 Å². The van der Waals surface area contributed by atoms with Crippen LogP contribution < -0.4 is 0 Å². The van der Waals surface area contributed by atoms with Gasteiger partial charge in [-0.25, -0.2) is 0 Å². The first-order chi connectivity index (χ1) is 5.65. The highest BCUT2D eigenvalue weighted by atomic mass is 19.1. The van der Waals surface area contributed by atoms with Crippen LogP contribution in [0.5, 0.6) is 0 Å². The van der Waals surface area contributed by atoms with Crippen LogP contribution in [0.25, 0.3) is 0 Å². The molecule has 0 amide bonds. The molecule has 0 atom stereocenters. The summed E-state index contributed by atoms with van der Waals surface area (Å²) in [6.07, 6.45) is 0.946. The predicted molar refractivity (Wildman–Crippen MR) is 35.6 cm³/mol. The van der Waals surface area contributed by atoms with Crippen LogP contribution >= 0.6 is 0 Å². The van der Waals surface area contributed by atoms with Crippen LogP contribution in [0.15, 0.2) is 12.3 Å². The fourth-order valence-corrected chi connectivity index (χ4v) is 0.626. The van der Waals surface area contributed by atoms with E-state index in [0.29, 0.717) is 0 Å². The highest BCUT2D eigenvalue weighted by Crippen LogP contribution is 2.13. The maximum Gasteiger partial charge on any atom is 0.399 e. The summed E-state index contributed by atoms with van der Waals surface area (Å²) in [5.41, 5.74) is -0.0434. The van der Waals surface area contributed by atoms with E-state index >= 15 is 0 Å². The molecule has 6 heteroatoms. The molecule has 0 aliphatic heterocycles. The third kappa shape index (κ3) is 1.34. The van der Waals surface area contributed by atoms with Crippen LogP contribution in [0.1, 0.15) is 5.56 Å². The zero-order valence-corrected chi connectivity index (χ0v) is 5.69. The molecule has 1 heterocycles. The summed E-state index contributed by atoms with van der Waals surface area (Å²) in [5.74, 6) is -1.96. The summed E-state index contributed by atoms with van der Waals surface area (Å²) in [7, 11) is 0. The van der Waals surface area contributed by atoms with Crippen LogP contribution in [-0.4, -0.2) is 9.91 Å². The van der Waals surface area contributed by atoms with E-state index in [4.69, 9.17) is 5.26 Å². The van der Waals surface area contributed by atoms with Gasteiger partial charge in [-0.15, -0.1) is 0 Å². The number of pyridine rings is 1. The summed E-state index contributed by atoms with van der Waals surface area (Å²) < 4.78 is 12.6. The van der Waals surface area contributed by atoms with Crippen molar-refractivity contribution in [2.75, 3.05) is 0 Å². The molecule has 0 unspecified atom stereocenters. The van der Waals surface area contributed by atoms with Crippen LogP contribution in [0, 0.1) is 27.3 Å². The predicted octanol–water partition coefficient (Wildman–Crippen LogP) is 1.00. The van der Waals surface area contributed by atoms with Crippen LogP contribution in [0.2, 0.25) is 0 Å². The number of halogens is 1.